The minimum atomic E-state index is -0.568. The molecule has 0 spiro atoms. The van der Waals surface area contributed by atoms with Gasteiger partial charge in [0.05, 0.1) is 5.92 Å². The summed E-state index contributed by atoms with van der Waals surface area (Å²) in [4.78, 5) is 32.7. The second-order valence-corrected chi connectivity index (χ2v) is 11.0. The molecule has 188 valence electrons. The van der Waals surface area contributed by atoms with Crippen LogP contribution in [0.5, 0.6) is 0 Å². The van der Waals surface area contributed by atoms with Gasteiger partial charge in [-0.05, 0) is 63.3 Å². The molecular formula is C28H36ClN3O3. The Hall–Kier alpha value is -2.73. The number of piperidine rings is 1. The Morgan fingerprint density at radius 2 is 1.63 bits per heavy atom. The Kier molecular flexibility index (Phi) is 7.60. The first-order chi connectivity index (χ1) is 16.6. The van der Waals surface area contributed by atoms with E-state index in [0.717, 1.165) is 35.8 Å². The standard InChI is InChI=1S/C28H36ClN3O3/c1-20-10-11-22(29)18-25(20)30-14-16-31(17-15-30)26(33)24-19-32(27(34)35-28(2,3)4)13-12-23(24)21-8-6-5-7-9-21/h5-11,18,23-24H,12-17,19H2,1-4H3/t23-,24+/m0/s1. The number of benzene rings is 2. The third-order valence-electron chi connectivity index (χ3n) is 6.91. The van der Waals surface area contributed by atoms with E-state index in [0.29, 0.717) is 26.2 Å². The summed E-state index contributed by atoms with van der Waals surface area (Å²) in [5, 5.41) is 0.722. The van der Waals surface area contributed by atoms with Gasteiger partial charge in [0.1, 0.15) is 5.60 Å². The molecule has 7 heteroatoms. The second-order valence-electron chi connectivity index (χ2n) is 10.6. The lowest BCUT2D eigenvalue weighted by molar-refractivity contribution is -0.138. The fourth-order valence-corrected chi connectivity index (χ4v) is 5.29. The number of amides is 2. The Morgan fingerprint density at radius 1 is 0.943 bits per heavy atom. The quantitative estimate of drug-likeness (QED) is 0.574. The van der Waals surface area contributed by atoms with Gasteiger partial charge >= 0.3 is 6.09 Å². The molecule has 0 aliphatic carbocycles. The minimum absolute atomic E-state index is 0.0793. The molecule has 2 fully saturated rings. The number of anilines is 1. The molecular weight excluding hydrogens is 462 g/mol. The monoisotopic (exact) mass is 497 g/mol. The van der Waals surface area contributed by atoms with E-state index >= 15 is 0 Å². The molecule has 2 amide bonds. The van der Waals surface area contributed by atoms with Crippen molar-refractivity contribution in [3.8, 4) is 0 Å². The SMILES string of the molecule is Cc1ccc(Cl)cc1N1CCN(C(=O)[C@@H]2CN(C(=O)OC(C)(C)C)CC[C@H]2c2ccccc2)CC1. The van der Waals surface area contributed by atoms with E-state index in [1.54, 1.807) is 4.90 Å². The molecule has 6 nitrogen and oxygen atoms in total. The van der Waals surface area contributed by atoms with Crippen LogP contribution in [0.3, 0.4) is 0 Å². The molecule has 2 saturated heterocycles. The first-order valence-corrected chi connectivity index (χ1v) is 12.8. The van der Waals surface area contributed by atoms with Gasteiger partial charge in [0.25, 0.3) is 0 Å². The zero-order valence-electron chi connectivity index (χ0n) is 21.2. The van der Waals surface area contributed by atoms with Gasteiger partial charge in [-0.1, -0.05) is 48.0 Å². The number of piperazine rings is 1. The average Bonchev–Trinajstić information content (AvgIpc) is 2.84. The van der Waals surface area contributed by atoms with Crippen LogP contribution in [0.25, 0.3) is 0 Å². The lowest BCUT2D eigenvalue weighted by Crippen LogP contribution is -2.55. The van der Waals surface area contributed by atoms with E-state index in [4.69, 9.17) is 16.3 Å². The molecule has 35 heavy (non-hydrogen) atoms. The fourth-order valence-electron chi connectivity index (χ4n) is 5.12. The van der Waals surface area contributed by atoms with Gasteiger partial charge in [-0.2, -0.15) is 0 Å². The minimum Gasteiger partial charge on any atom is -0.444 e. The van der Waals surface area contributed by atoms with Crippen molar-refractivity contribution in [2.75, 3.05) is 44.2 Å². The van der Waals surface area contributed by atoms with Gasteiger partial charge in [0.15, 0.2) is 0 Å². The van der Waals surface area contributed by atoms with Crippen LogP contribution >= 0.6 is 11.6 Å². The third kappa shape index (κ3) is 6.10. The zero-order chi connectivity index (χ0) is 25.2. The number of hydrogen-bond acceptors (Lipinski definition) is 4. The molecule has 0 unspecified atom stereocenters. The van der Waals surface area contributed by atoms with Crippen LogP contribution in [0.4, 0.5) is 10.5 Å². The number of halogens is 1. The summed E-state index contributed by atoms with van der Waals surface area (Å²) in [7, 11) is 0. The largest absolute Gasteiger partial charge is 0.444 e. The first-order valence-electron chi connectivity index (χ1n) is 12.4. The Morgan fingerprint density at radius 3 is 2.29 bits per heavy atom. The van der Waals surface area contributed by atoms with E-state index in [1.165, 1.54) is 5.56 Å². The molecule has 2 aromatic rings. The molecule has 2 aliphatic rings. The molecule has 0 N–H and O–H groups in total. The van der Waals surface area contributed by atoms with Gasteiger partial charge in [-0.25, -0.2) is 4.79 Å². The van der Waals surface area contributed by atoms with Gasteiger partial charge in [-0.15, -0.1) is 0 Å². The number of carbonyl (C=O) groups excluding carboxylic acids is 2. The van der Waals surface area contributed by atoms with Crippen molar-refractivity contribution in [3.63, 3.8) is 0 Å². The number of nitrogens with zero attached hydrogens (tertiary/aromatic N) is 3. The van der Waals surface area contributed by atoms with Crippen LogP contribution < -0.4 is 4.90 Å². The summed E-state index contributed by atoms with van der Waals surface area (Å²) >= 11 is 6.24. The van der Waals surface area contributed by atoms with Crippen LogP contribution in [0.1, 0.15) is 44.2 Å². The van der Waals surface area contributed by atoms with Gasteiger partial charge in [0.2, 0.25) is 5.91 Å². The number of rotatable bonds is 3. The van der Waals surface area contributed by atoms with Crippen LogP contribution in [0.15, 0.2) is 48.5 Å². The van der Waals surface area contributed by atoms with Gasteiger partial charge in [0, 0.05) is 50.0 Å². The van der Waals surface area contributed by atoms with Crippen LogP contribution in [-0.4, -0.2) is 66.7 Å². The summed E-state index contributed by atoms with van der Waals surface area (Å²) in [5.74, 6) is -0.0942. The maximum atomic E-state index is 13.9. The third-order valence-corrected chi connectivity index (χ3v) is 7.15. The second kappa shape index (κ2) is 10.5. The summed E-state index contributed by atoms with van der Waals surface area (Å²) in [6, 6.07) is 16.2. The normalized spacial score (nSPS) is 21.1. The van der Waals surface area contributed by atoms with Crippen LogP contribution in [-0.2, 0) is 9.53 Å². The fraction of sp³-hybridized carbons (Fsp3) is 0.500. The highest BCUT2D eigenvalue weighted by Gasteiger charge is 2.40. The van der Waals surface area contributed by atoms with E-state index in [9.17, 15) is 9.59 Å². The summed E-state index contributed by atoms with van der Waals surface area (Å²) in [6.45, 7) is 11.4. The molecule has 0 saturated carbocycles. The highest BCUT2D eigenvalue weighted by molar-refractivity contribution is 6.30. The predicted octanol–water partition coefficient (Wildman–Crippen LogP) is 5.34. The molecule has 4 rings (SSSR count). The number of aryl methyl sites for hydroxylation is 1. The van der Waals surface area contributed by atoms with E-state index in [-0.39, 0.29) is 23.8 Å². The van der Waals surface area contributed by atoms with Crippen molar-refractivity contribution in [2.45, 2.75) is 45.6 Å². The molecule has 0 bridgehead atoms. The molecule has 0 radical (unpaired) electrons. The number of ether oxygens (including phenoxy) is 1. The predicted molar refractivity (Wildman–Crippen MR) is 140 cm³/mol. The van der Waals surface area contributed by atoms with Crippen molar-refractivity contribution < 1.29 is 14.3 Å². The maximum Gasteiger partial charge on any atom is 0.410 e. The number of carbonyl (C=O) groups is 2. The molecule has 2 aromatic carbocycles. The summed E-state index contributed by atoms with van der Waals surface area (Å²) in [6.07, 6.45) is 0.393. The lowest BCUT2D eigenvalue weighted by Gasteiger charge is -2.43. The Bertz CT molecular complexity index is 1050. The average molecular weight is 498 g/mol. The van der Waals surface area contributed by atoms with Crippen LogP contribution in [0, 0.1) is 12.8 Å². The molecule has 2 heterocycles. The number of hydrogen-bond donors (Lipinski definition) is 0. The lowest BCUT2D eigenvalue weighted by atomic mass is 9.79. The Labute approximate surface area is 213 Å². The topological polar surface area (TPSA) is 53.1 Å². The summed E-state index contributed by atoms with van der Waals surface area (Å²) < 4.78 is 5.62. The van der Waals surface area contributed by atoms with Crippen molar-refractivity contribution >= 4 is 29.3 Å². The van der Waals surface area contributed by atoms with Gasteiger partial charge < -0.3 is 19.4 Å². The maximum absolute atomic E-state index is 13.9. The van der Waals surface area contributed by atoms with Crippen LogP contribution in [0.2, 0.25) is 5.02 Å². The smallest absolute Gasteiger partial charge is 0.410 e. The highest BCUT2D eigenvalue weighted by Crippen LogP contribution is 2.35. The zero-order valence-corrected chi connectivity index (χ0v) is 21.9. The van der Waals surface area contributed by atoms with Gasteiger partial charge in [-0.3, -0.25) is 4.79 Å². The molecule has 0 aromatic heterocycles. The van der Waals surface area contributed by atoms with Crippen molar-refractivity contribution in [1.29, 1.82) is 0 Å². The van der Waals surface area contributed by atoms with E-state index in [2.05, 4.69) is 24.0 Å². The van der Waals surface area contributed by atoms with E-state index in [1.807, 2.05) is 62.1 Å². The van der Waals surface area contributed by atoms with Crippen molar-refractivity contribution in [2.24, 2.45) is 5.92 Å². The molecule has 2 aliphatic heterocycles. The Balaban J connectivity index is 1.49. The van der Waals surface area contributed by atoms with E-state index < -0.39 is 5.60 Å². The summed E-state index contributed by atoms with van der Waals surface area (Å²) in [5.41, 5.74) is 2.89. The first kappa shape index (κ1) is 25.4. The molecule has 2 atom stereocenters. The number of likely N-dealkylation sites (tertiary alicyclic amines) is 1. The highest BCUT2D eigenvalue weighted by atomic mass is 35.5. The van der Waals surface area contributed by atoms with Crippen molar-refractivity contribution in [3.05, 3.63) is 64.7 Å². The van der Waals surface area contributed by atoms with Crippen molar-refractivity contribution in [1.82, 2.24) is 9.80 Å².